The summed E-state index contributed by atoms with van der Waals surface area (Å²) < 4.78 is 16.1. The maximum Gasteiger partial charge on any atom is 0.192 e. The predicted molar refractivity (Wildman–Crippen MR) is 71.3 cm³/mol. The highest BCUT2D eigenvalue weighted by Gasteiger charge is 2.13. The molecule has 1 aromatic carbocycles. The van der Waals surface area contributed by atoms with Crippen LogP contribution in [0.15, 0.2) is 23.3 Å². The van der Waals surface area contributed by atoms with Gasteiger partial charge in [-0.2, -0.15) is 0 Å². The lowest BCUT2D eigenvalue weighted by atomic mass is 10.0. The van der Waals surface area contributed by atoms with Gasteiger partial charge < -0.3 is 14.2 Å². The Morgan fingerprint density at radius 2 is 1.89 bits per heavy atom. The first-order valence-corrected chi connectivity index (χ1v) is 5.89. The van der Waals surface area contributed by atoms with Gasteiger partial charge in [0, 0.05) is 12.6 Å². The molecule has 1 heterocycles. The molecule has 0 saturated heterocycles. The molecule has 0 N–H and O–H groups in total. The molecule has 0 radical (unpaired) electrons. The van der Waals surface area contributed by atoms with Gasteiger partial charge in [0.1, 0.15) is 0 Å². The second kappa shape index (κ2) is 5.58. The summed E-state index contributed by atoms with van der Waals surface area (Å²) in [6, 6.07) is 3.92. The van der Waals surface area contributed by atoms with E-state index >= 15 is 0 Å². The van der Waals surface area contributed by atoms with E-state index in [4.69, 9.17) is 14.2 Å². The zero-order chi connectivity index (χ0) is 13.0. The number of ether oxygens (including phenoxy) is 3. The van der Waals surface area contributed by atoms with E-state index in [0.29, 0.717) is 13.0 Å². The molecule has 0 saturated carbocycles. The van der Waals surface area contributed by atoms with Crippen LogP contribution < -0.4 is 9.47 Å². The molecule has 1 aliphatic heterocycles. The SMILES string of the molecule is CCOC1=NC=Cc2cc(OC)c(OC)cc2C1. The fraction of sp³-hybridized carbons (Fsp3) is 0.357. The standard InChI is InChI=1S/C14H17NO3/c1-4-18-14-9-11-8-13(17-3)12(16-2)7-10(11)5-6-15-14/h5-8H,4,9H2,1-3H3. The largest absolute Gasteiger partial charge is 0.493 e. The summed E-state index contributed by atoms with van der Waals surface area (Å²) in [5.74, 6) is 2.17. The Bertz CT molecular complexity index is 492. The van der Waals surface area contributed by atoms with Gasteiger partial charge in [-0.1, -0.05) is 0 Å². The second-order valence-corrected chi connectivity index (χ2v) is 3.85. The Balaban J connectivity index is 2.39. The molecular weight excluding hydrogens is 230 g/mol. The third-order valence-corrected chi connectivity index (χ3v) is 2.77. The number of hydrogen-bond acceptors (Lipinski definition) is 4. The Hall–Kier alpha value is -1.97. The zero-order valence-corrected chi connectivity index (χ0v) is 10.9. The van der Waals surface area contributed by atoms with Gasteiger partial charge in [0.05, 0.1) is 20.8 Å². The van der Waals surface area contributed by atoms with Crippen LogP contribution in [0, 0.1) is 0 Å². The van der Waals surface area contributed by atoms with Crippen molar-refractivity contribution >= 4 is 12.0 Å². The molecule has 1 aliphatic rings. The maximum atomic E-state index is 5.48. The van der Waals surface area contributed by atoms with Crippen molar-refractivity contribution < 1.29 is 14.2 Å². The zero-order valence-electron chi connectivity index (χ0n) is 10.9. The minimum absolute atomic E-state index is 0.620. The number of methoxy groups -OCH3 is 2. The highest BCUT2D eigenvalue weighted by molar-refractivity contribution is 5.83. The molecule has 2 rings (SSSR count). The molecule has 96 valence electrons. The van der Waals surface area contributed by atoms with Crippen LogP contribution in [0.25, 0.3) is 6.08 Å². The summed E-state index contributed by atoms with van der Waals surface area (Å²) in [4.78, 5) is 4.27. The van der Waals surface area contributed by atoms with Gasteiger partial charge in [-0.05, 0) is 36.3 Å². The fourth-order valence-corrected chi connectivity index (χ4v) is 1.91. The maximum absolute atomic E-state index is 5.48. The molecule has 0 spiro atoms. The Labute approximate surface area is 107 Å². The van der Waals surface area contributed by atoms with Gasteiger partial charge in [-0.3, -0.25) is 0 Å². The quantitative estimate of drug-likeness (QED) is 0.824. The number of benzene rings is 1. The first-order valence-electron chi connectivity index (χ1n) is 5.89. The van der Waals surface area contributed by atoms with Crippen molar-refractivity contribution in [2.45, 2.75) is 13.3 Å². The van der Waals surface area contributed by atoms with Crippen LogP contribution in [0.1, 0.15) is 18.1 Å². The van der Waals surface area contributed by atoms with Gasteiger partial charge >= 0.3 is 0 Å². The van der Waals surface area contributed by atoms with Gasteiger partial charge in [0.2, 0.25) is 0 Å². The molecule has 0 aromatic heterocycles. The van der Waals surface area contributed by atoms with Crippen molar-refractivity contribution in [3.05, 3.63) is 29.5 Å². The molecule has 0 fully saturated rings. The number of aliphatic imine (C=N–C) groups is 1. The lowest BCUT2D eigenvalue weighted by molar-refractivity contribution is 0.320. The average Bonchev–Trinajstić information content (AvgIpc) is 2.58. The summed E-state index contributed by atoms with van der Waals surface area (Å²) >= 11 is 0. The van der Waals surface area contributed by atoms with Crippen LogP contribution in [-0.4, -0.2) is 26.7 Å². The van der Waals surface area contributed by atoms with Crippen molar-refractivity contribution in [2.24, 2.45) is 4.99 Å². The molecule has 0 unspecified atom stereocenters. The molecule has 0 atom stereocenters. The second-order valence-electron chi connectivity index (χ2n) is 3.85. The highest BCUT2D eigenvalue weighted by atomic mass is 16.5. The highest BCUT2D eigenvalue weighted by Crippen LogP contribution is 2.32. The minimum atomic E-state index is 0.620. The normalized spacial score (nSPS) is 13.4. The molecule has 0 amide bonds. The number of hydrogen-bond donors (Lipinski definition) is 0. The van der Waals surface area contributed by atoms with Crippen LogP contribution in [0.5, 0.6) is 11.5 Å². The van der Waals surface area contributed by atoms with Gasteiger partial charge in [-0.25, -0.2) is 4.99 Å². The first kappa shape index (κ1) is 12.5. The van der Waals surface area contributed by atoms with Crippen molar-refractivity contribution in [3.8, 4) is 11.5 Å². The number of rotatable bonds is 3. The van der Waals surface area contributed by atoms with Crippen molar-refractivity contribution in [3.63, 3.8) is 0 Å². The predicted octanol–water partition coefficient (Wildman–Crippen LogP) is 2.67. The van der Waals surface area contributed by atoms with E-state index in [9.17, 15) is 0 Å². The summed E-state index contributed by atoms with van der Waals surface area (Å²) in [6.07, 6.45) is 4.36. The molecule has 4 heteroatoms. The van der Waals surface area contributed by atoms with Crippen LogP contribution in [-0.2, 0) is 11.2 Å². The smallest absolute Gasteiger partial charge is 0.192 e. The van der Waals surface area contributed by atoms with Crippen LogP contribution in [0.3, 0.4) is 0 Å². The molecule has 0 aliphatic carbocycles. The summed E-state index contributed by atoms with van der Waals surface area (Å²) in [6.45, 7) is 2.57. The van der Waals surface area contributed by atoms with Crippen LogP contribution in [0.2, 0.25) is 0 Å². The van der Waals surface area contributed by atoms with E-state index in [-0.39, 0.29) is 0 Å². The molecule has 0 bridgehead atoms. The van der Waals surface area contributed by atoms with Crippen molar-refractivity contribution in [1.29, 1.82) is 0 Å². The van der Waals surface area contributed by atoms with Gasteiger partial charge in [0.15, 0.2) is 17.4 Å². The first-order chi connectivity index (χ1) is 8.78. The molecule has 4 nitrogen and oxygen atoms in total. The van der Waals surface area contributed by atoms with Crippen molar-refractivity contribution in [1.82, 2.24) is 0 Å². The monoisotopic (exact) mass is 247 g/mol. The van der Waals surface area contributed by atoms with E-state index in [1.165, 1.54) is 0 Å². The fourth-order valence-electron chi connectivity index (χ4n) is 1.91. The Kier molecular flexibility index (Phi) is 3.87. The minimum Gasteiger partial charge on any atom is -0.493 e. The van der Waals surface area contributed by atoms with Gasteiger partial charge in [-0.15, -0.1) is 0 Å². The molecule has 18 heavy (non-hydrogen) atoms. The molecular formula is C14H17NO3. The van der Waals surface area contributed by atoms with E-state index in [1.54, 1.807) is 20.4 Å². The average molecular weight is 247 g/mol. The third-order valence-electron chi connectivity index (χ3n) is 2.77. The van der Waals surface area contributed by atoms with Crippen molar-refractivity contribution in [2.75, 3.05) is 20.8 Å². The van der Waals surface area contributed by atoms with E-state index in [0.717, 1.165) is 28.5 Å². The van der Waals surface area contributed by atoms with E-state index < -0.39 is 0 Å². The van der Waals surface area contributed by atoms with Crippen LogP contribution >= 0.6 is 0 Å². The van der Waals surface area contributed by atoms with E-state index in [2.05, 4.69) is 4.99 Å². The third kappa shape index (κ3) is 2.47. The van der Waals surface area contributed by atoms with E-state index in [1.807, 2.05) is 25.1 Å². The number of nitrogens with zero attached hydrogens (tertiary/aromatic N) is 1. The van der Waals surface area contributed by atoms with Gasteiger partial charge in [0.25, 0.3) is 0 Å². The van der Waals surface area contributed by atoms with Crippen LogP contribution in [0.4, 0.5) is 0 Å². The topological polar surface area (TPSA) is 40.0 Å². The Morgan fingerprint density at radius 3 is 2.56 bits per heavy atom. The molecule has 1 aromatic rings. The summed E-state index contributed by atoms with van der Waals surface area (Å²) in [5, 5.41) is 0. The lowest BCUT2D eigenvalue weighted by Gasteiger charge is -2.12. The Morgan fingerprint density at radius 1 is 1.17 bits per heavy atom. The lowest BCUT2D eigenvalue weighted by Crippen LogP contribution is -2.08. The summed E-state index contributed by atoms with van der Waals surface area (Å²) in [5.41, 5.74) is 2.19. The number of fused-ring (bicyclic) bond motifs is 1. The summed E-state index contributed by atoms with van der Waals surface area (Å²) in [7, 11) is 3.26.